The summed E-state index contributed by atoms with van der Waals surface area (Å²) in [5.41, 5.74) is 5.77. The Hall–Kier alpha value is -0.770. The van der Waals surface area contributed by atoms with Crippen LogP contribution in [0.5, 0.6) is 0 Å². The second-order valence-corrected chi connectivity index (χ2v) is 3.85. The molecule has 0 aromatic heterocycles. The van der Waals surface area contributed by atoms with E-state index in [0.29, 0.717) is 0 Å². The first-order valence-electron chi connectivity index (χ1n) is 4.27. The standard InChI is InChI=1S/C8H14N2O2/c1-12-6(11)10-8(4-5-8)7(9)2-3-7/h2-5,9H2,1H3,(H,10,11). The molecule has 0 heterocycles. The van der Waals surface area contributed by atoms with Gasteiger partial charge in [-0.3, -0.25) is 0 Å². The molecule has 0 spiro atoms. The molecule has 2 fully saturated rings. The molecule has 1 amide bonds. The molecule has 68 valence electrons. The predicted octanol–water partition coefficient (Wildman–Crippen LogP) is 0.366. The number of hydrogen-bond donors (Lipinski definition) is 2. The Morgan fingerprint density at radius 2 is 2.00 bits per heavy atom. The van der Waals surface area contributed by atoms with Gasteiger partial charge >= 0.3 is 6.09 Å². The van der Waals surface area contributed by atoms with Crippen LogP contribution < -0.4 is 11.1 Å². The zero-order valence-corrected chi connectivity index (χ0v) is 7.22. The Morgan fingerprint density at radius 1 is 1.42 bits per heavy atom. The van der Waals surface area contributed by atoms with Gasteiger partial charge < -0.3 is 15.8 Å². The molecule has 0 radical (unpaired) electrons. The fourth-order valence-corrected chi connectivity index (χ4v) is 1.73. The summed E-state index contributed by atoms with van der Waals surface area (Å²) in [7, 11) is 1.38. The molecule has 2 aliphatic rings. The van der Waals surface area contributed by atoms with Crippen molar-refractivity contribution in [2.45, 2.75) is 36.8 Å². The molecule has 2 rings (SSSR count). The van der Waals surface area contributed by atoms with E-state index in [-0.39, 0.29) is 17.2 Å². The number of carbonyl (C=O) groups excluding carboxylic acids is 1. The lowest BCUT2D eigenvalue weighted by molar-refractivity contribution is 0.161. The lowest BCUT2D eigenvalue weighted by atomic mass is 10.1. The monoisotopic (exact) mass is 170 g/mol. The minimum Gasteiger partial charge on any atom is -0.453 e. The van der Waals surface area contributed by atoms with Crippen molar-refractivity contribution in [3.05, 3.63) is 0 Å². The first-order valence-corrected chi connectivity index (χ1v) is 4.27. The normalized spacial score (nSPS) is 27.5. The summed E-state index contributed by atoms with van der Waals surface area (Å²) in [6.07, 6.45) is 3.69. The van der Waals surface area contributed by atoms with Gasteiger partial charge in [0.25, 0.3) is 0 Å². The summed E-state index contributed by atoms with van der Waals surface area (Å²) in [5, 5.41) is 2.83. The molecular weight excluding hydrogens is 156 g/mol. The SMILES string of the molecule is COC(=O)NC1(C2(N)CC2)CC1. The van der Waals surface area contributed by atoms with Gasteiger partial charge in [-0.1, -0.05) is 0 Å². The van der Waals surface area contributed by atoms with Crippen molar-refractivity contribution in [3.8, 4) is 0 Å². The summed E-state index contributed by atoms with van der Waals surface area (Å²) in [6, 6.07) is 0. The first-order chi connectivity index (χ1) is 5.62. The van der Waals surface area contributed by atoms with Crippen molar-refractivity contribution in [3.63, 3.8) is 0 Å². The van der Waals surface area contributed by atoms with Gasteiger partial charge in [0.2, 0.25) is 0 Å². The molecule has 3 N–H and O–H groups in total. The van der Waals surface area contributed by atoms with Crippen LogP contribution in [0.25, 0.3) is 0 Å². The average Bonchev–Trinajstić information content (AvgIpc) is 2.89. The first kappa shape index (κ1) is 7.86. The Bertz CT molecular complexity index is 219. The topological polar surface area (TPSA) is 64.3 Å². The minimum atomic E-state index is -0.357. The average molecular weight is 170 g/mol. The van der Waals surface area contributed by atoms with E-state index in [9.17, 15) is 4.79 Å². The highest BCUT2D eigenvalue weighted by Crippen LogP contribution is 2.55. The summed E-state index contributed by atoms with van der Waals surface area (Å²) in [4.78, 5) is 11.0. The van der Waals surface area contributed by atoms with Gasteiger partial charge in [-0.15, -0.1) is 0 Å². The molecule has 0 bridgehead atoms. The third-order valence-electron chi connectivity index (χ3n) is 3.02. The number of ether oxygens (including phenoxy) is 1. The maximum atomic E-state index is 11.0. The molecule has 4 nitrogen and oxygen atoms in total. The highest BCUT2D eigenvalue weighted by Gasteiger charge is 2.64. The van der Waals surface area contributed by atoms with Crippen LogP contribution in [0.15, 0.2) is 0 Å². The van der Waals surface area contributed by atoms with Crippen LogP contribution in [-0.2, 0) is 4.74 Å². The van der Waals surface area contributed by atoms with E-state index in [0.717, 1.165) is 25.7 Å². The molecule has 0 atom stereocenters. The van der Waals surface area contributed by atoms with E-state index in [4.69, 9.17) is 5.73 Å². The van der Waals surface area contributed by atoms with Crippen LogP contribution in [0.3, 0.4) is 0 Å². The minimum absolute atomic E-state index is 0.124. The summed E-state index contributed by atoms with van der Waals surface area (Å²) in [5.74, 6) is 0. The van der Waals surface area contributed by atoms with E-state index >= 15 is 0 Å². The maximum absolute atomic E-state index is 11.0. The van der Waals surface area contributed by atoms with Gasteiger partial charge in [0, 0.05) is 5.54 Å². The fourth-order valence-electron chi connectivity index (χ4n) is 1.73. The van der Waals surface area contributed by atoms with Crippen molar-refractivity contribution < 1.29 is 9.53 Å². The lowest BCUT2D eigenvalue weighted by Crippen LogP contribution is -2.52. The van der Waals surface area contributed by atoms with Crippen molar-refractivity contribution in [2.75, 3.05) is 7.11 Å². The second kappa shape index (κ2) is 2.13. The Balaban J connectivity index is 1.98. The summed E-state index contributed by atoms with van der Waals surface area (Å²) in [6.45, 7) is 0. The van der Waals surface area contributed by atoms with Gasteiger partial charge in [0.15, 0.2) is 0 Å². The van der Waals surface area contributed by atoms with Gasteiger partial charge in [-0.25, -0.2) is 4.79 Å². The van der Waals surface area contributed by atoms with Crippen LogP contribution in [0.2, 0.25) is 0 Å². The maximum Gasteiger partial charge on any atom is 0.407 e. The largest absolute Gasteiger partial charge is 0.453 e. The summed E-state index contributed by atoms with van der Waals surface area (Å²) >= 11 is 0. The number of amides is 1. The smallest absolute Gasteiger partial charge is 0.407 e. The number of nitrogens with two attached hydrogens (primary N) is 1. The highest BCUT2D eigenvalue weighted by molar-refractivity contribution is 5.69. The lowest BCUT2D eigenvalue weighted by Gasteiger charge is -2.23. The van der Waals surface area contributed by atoms with Gasteiger partial charge in [0.05, 0.1) is 12.6 Å². The zero-order valence-electron chi connectivity index (χ0n) is 7.22. The number of carbonyl (C=O) groups is 1. The number of hydrogen-bond acceptors (Lipinski definition) is 3. The third kappa shape index (κ3) is 0.982. The predicted molar refractivity (Wildman–Crippen MR) is 43.7 cm³/mol. The fraction of sp³-hybridized carbons (Fsp3) is 0.875. The molecule has 0 aromatic rings. The second-order valence-electron chi connectivity index (χ2n) is 3.85. The Kier molecular flexibility index (Phi) is 1.39. The van der Waals surface area contributed by atoms with Gasteiger partial charge in [-0.05, 0) is 25.7 Å². The molecule has 0 aromatic carbocycles. The van der Waals surface area contributed by atoms with Crippen molar-refractivity contribution in [1.82, 2.24) is 5.32 Å². The van der Waals surface area contributed by atoms with Gasteiger partial charge in [-0.2, -0.15) is 0 Å². The Labute approximate surface area is 71.4 Å². The number of rotatable bonds is 2. The quantitative estimate of drug-likeness (QED) is 0.629. The molecule has 12 heavy (non-hydrogen) atoms. The van der Waals surface area contributed by atoms with Crippen molar-refractivity contribution in [2.24, 2.45) is 5.73 Å². The number of alkyl carbamates (subject to hydrolysis) is 1. The van der Waals surface area contributed by atoms with Crippen LogP contribution in [0.1, 0.15) is 25.7 Å². The molecule has 2 aliphatic carbocycles. The van der Waals surface area contributed by atoms with Crippen LogP contribution in [0, 0.1) is 0 Å². The van der Waals surface area contributed by atoms with E-state index in [1.54, 1.807) is 0 Å². The van der Waals surface area contributed by atoms with E-state index in [2.05, 4.69) is 10.1 Å². The van der Waals surface area contributed by atoms with E-state index in [1.807, 2.05) is 0 Å². The molecule has 2 saturated carbocycles. The zero-order chi connectivity index (χ0) is 8.82. The van der Waals surface area contributed by atoms with Crippen molar-refractivity contribution in [1.29, 1.82) is 0 Å². The Morgan fingerprint density at radius 3 is 2.33 bits per heavy atom. The van der Waals surface area contributed by atoms with Gasteiger partial charge in [0.1, 0.15) is 0 Å². The number of methoxy groups -OCH3 is 1. The van der Waals surface area contributed by atoms with Crippen LogP contribution >= 0.6 is 0 Å². The summed E-state index contributed by atoms with van der Waals surface area (Å²) < 4.78 is 4.54. The molecular formula is C8H14N2O2. The highest BCUT2D eigenvalue weighted by atomic mass is 16.5. The van der Waals surface area contributed by atoms with Crippen LogP contribution in [-0.4, -0.2) is 24.3 Å². The van der Waals surface area contributed by atoms with Crippen molar-refractivity contribution >= 4 is 6.09 Å². The molecule has 0 aliphatic heterocycles. The van der Waals surface area contributed by atoms with Crippen LogP contribution in [0.4, 0.5) is 4.79 Å². The number of nitrogens with one attached hydrogen (secondary N) is 1. The van der Waals surface area contributed by atoms with E-state index < -0.39 is 0 Å². The molecule has 4 heteroatoms. The third-order valence-corrected chi connectivity index (χ3v) is 3.02. The molecule has 0 saturated heterocycles. The van der Waals surface area contributed by atoms with E-state index in [1.165, 1.54) is 7.11 Å². The molecule has 0 unspecified atom stereocenters.